The number of anilines is 1. The molecule has 1 unspecified atom stereocenters. The second kappa shape index (κ2) is 9.27. The fourth-order valence-corrected chi connectivity index (χ4v) is 2.52. The third-order valence-electron chi connectivity index (χ3n) is 3.61. The van der Waals surface area contributed by atoms with Crippen LogP contribution in [0.5, 0.6) is 5.75 Å². The van der Waals surface area contributed by atoms with Crippen molar-refractivity contribution in [2.75, 3.05) is 12.0 Å². The molecule has 0 aliphatic carbocycles. The fourth-order valence-electron chi connectivity index (χ4n) is 2.12. The summed E-state index contributed by atoms with van der Waals surface area (Å²) in [5.74, 6) is -0.601. The van der Waals surface area contributed by atoms with E-state index in [0.717, 1.165) is 4.90 Å². The van der Waals surface area contributed by atoms with Gasteiger partial charge in [-0.25, -0.2) is 14.4 Å². The van der Waals surface area contributed by atoms with Gasteiger partial charge in [-0.2, -0.15) is 0 Å². The molecule has 1 aliphatic rings. The molecule has 26 heavy (non-hydrogen) atoms. The molecule has 2 aromatic rings. The Labute approximate surface area is 152 Å². The molecular formula is C18H21N2O5P. The van der Waals surface area contributed by atoms with E-state index in [9.17, 15) is 14.2 Å². The minimum Gasteiger partial charge on any atom is -0.426 e. The molecule has 0 bridgehead atoms. The Morgan fingerprint density at radius 1 is 1.04 bits per heavy atom. The average molecular weight is 376 g/mol. The molecule has 7 nitrogen and oxygen atoms in total. The van der Waals surface area contributed by atoms with E-state index in [1.165, 1.54) is 38.3 Å². The van der Waals surface area contributed by atoms with Gasteiger partial charge < -0.3 is 9.05 Å². The molecule has 1 aliphatic heterocycles. The summed E-state index contributed by atoms with van der Waals surface area (Å²) in [6, 6.07) is 9.36. The number of rotatable bonds is 5. The highest BCUT2D eigenvalue weighted by Crippen LogP contribution is 2.32. The van der Waals surface area contributed by atoms with E-state index in [1.807, 2.05) is 0 Å². The highest BCUT2D eigenvalue weighted by Gasteiger charge is 2.37. The maximum Gasteiger partial charge on any atom is 0.367 e. The summed E-state index contributed by atoms with van der Waals surface area (Å²) in [5.41, 5.74) is 0.650. The summed E-state index contributed by atoms with van der Waals surface area (Å²) in [7, 11) is -1.41. The van der Waals surface area contributed by atoms with Gasteiger partial charge in [0.05, 0.1) is 11.1 Å². The second-order valence-corrected chi connectivity index (χ2v) is 6.51. The van der Waals surface area contributed by atoms with Gasteiger partial charge >= 0.3 is 8.25 Å². The van der Waals surface area contributed by atoms with Gasteiger partial charge in [0, 0.05) is 19.4 Å². The second-order valence-electron chi connectivity index (χ2n) is 5.40. The third-order valence-corrected chi connectivity index (χ3v) is 4.34. The van der Waals surface area contributed by atoms with Crippen molar-refractivity contribution < 1.29 is 23.2 Å². The van der Waals surface area contributed by atoms with Gasteiger partial charge in [-0.05, 0) is 18.2 Å². The summed E-state index contributed by atoms with van der Waals surface area (Å²) >= 11 is 0. The van der Waals surface area contributed by atoms with Gasteiger partial charge in [0.2, 0.25) is 0 Å². The zero-order valence-corrected chi connectivity index (χ0v) is 15.9. The van der Waals surface area contributed by atoms with Gasteiger partial charge in [-0.15, -0.1) is 0 Å². The van der Waals surface area contributed by atoms with Crippen LogP contribution in [0.4, 0.5) is 5.82 Å². The zero-order valence-electron chi connectivity index (χ0n) is 14.9. The van der Waals surface area contributed by atoms with Crippen LogP contribution < -0.4 is 9.42 Å². The van der Waals surface area contributed by atoms with Crippen molar-refractivity contribution >= 4 is 25.9 Å². The number of carbonyl (C=O) groups excluding carboxylic acids is 2. The molecule has 1 aromatic heterocycles. The van der Waals surface area contributed by atoms with Crippen molar-refractivity contribution in [2.45, 2.75) is 26.7 Å². The van der Waals surface area contributed by atoms with E-state index in [1.54, 1.807) is 24.3 Å². The van der Waals surface area contributed by atoms with Crippen molar-refractivity contribution in [1.29, 1.82) is 0 Å². The van der Waals surface area contributed by atoms with Crippen LogP contribution in [-0.2, 0) is 9.09 Å². The van der Waals surface area contributed by atoms with E-state index >= 15 is 0 Å². The Balaban J connectivity index is 0.000000552. The van der Waals surface area contributed by atoms with Crippen LogP contribution in [0.25, 0.3) is 0 Å². The summed E-state index contributed by atoms with van der Waals surface area (Å²) in [4.78, 5) is 29.7. The van der Waals surface area contributed by atoms with E-state index in [0.29, 0.717) is 11.1 Å². The number of nitrogens with zero attached hydrogens (tertiary/aromatic N) is 2. The molecule has 8 heteroatoms. The number of amides is 2. The number of fused-ring (bicyclic) bond motifs is 1. The molecule has 0 saturated carbocycles. The van der Waals surface area contributed by atoms with Crippen molar-refractivity contribution in [3.8, 4) is 5.75 Å². The number of hydrogen-bond donors (Lipinski definition) is 0. The van der Waals surface area contributed by atoms with Crippen LogP contribution in [0.3, 0.4) is 0 Å². The smallest absolute Gasteiger partial charge is 0.367 e. The molecule has 0 fully saturated rings. The highest BCUT2D eigenvalue weighted by molar-refractivity contribution is 7.33. The number of pyridine rings is 1. The van der Waals surface area contributed by atoms with Crippen LogP contribution >= 0.6 is 8.25 Å². The molecule has 0 saturated heterocycles. The molecule has 2 amide bonds. The predicted octanol–water partition coefficient (Wildman–Crippen LogP) is 4.10. The van der Waals surface area contributed by atoms with Crippen molar-refractivity contribution in [3.63, 3.8) is 0 Å². The Bertz CT molecular complexity index is 788. The Morgan fingerprint density at radius 2 is 1.62 bits per heavy atom. The Morgan fingerprint density at radius 3 is 2.12 bits per heavy atom. The molecule has 0 spiro atoms. The summed E-state index contributed by atoms with van der Waals surface area (Å²) < 4.78 is 20.9. The monoisotopic (exact) mass is 376 g/mol. The largest absolute Gasteiger partial charge is 0.426 e. The lowest BCUT2D eigenvalue weighted by molar-refractivity contribution is 0.0925. The maximum absolute atomic E-state index is 12.3. The molecule has 3 rings (SSSR count). The predicted molar refractivity (Wildman–Crippen MR) is 99.0 cm³/mol. The third kappa shape index (κ3) is 4.36. The Kier molecular flexibility index (Phi) is 7.06. The standard InChI is InChI=1S/C14H11N2O5P.C4H10/c1-20-22(19)21-9-6-7-15-12(8-9)16-13(17)10-4-2-3-5-11(10)14(16)18;1-3-4-2/h2-8,22H,1H3;3-4H2,1-2H3. The van der Waals surface area contributed by atoms with Crippen LogP contribution in [0.15, 0.2) is 42.6 Å². The lowest BCUT2D eigenvalue weighted by Crippen LogP contribution is -2.30. The first kappa shape index (κ1) is 19.8. The SMILES string of the molecule is CCCC.CO[PH](=O)Oc1ccnc(N2C(=O)c3ccccc3C2=O)c1. The first-order valence-electron chi connectivity index (χ1n) is 8.23. The number of benzene rings is 1. The number of carbonyl (C=O) groups is 2. The number of imide groups is 1. The van der Waals surface area contributed by atoms with Gasteiger partial charge in [-0.3, -0.25) is 9.59 Å². The van der Waals surface area contributed by atoms with E-state index < -0.39 is 20.1 Å². The Hall–Kier alpha value is -2.50. The highest BCUT2D eigenvalue weighted by atomic mass is 31.1. The molecular weight excluding hydrogens is 355 g/mol. The van der Waals surface area contributed by atoms with E-state index in [-0.39, 0.29) is 11.6 Å². The number of unbranched alkanes of at least 4 members (excludes halogenated alkanes) is 1. The van der Waals surface area contributed by atoms with Crippen LogP contribution in [0, 0.1) is 0 Å². The quantitative estimate of drug-likeness (QED) is 0.577. The lowest BCUT2D eigenvalue weighted by atomic mass is 10.1. The summed E-state index contributed by atoms with van der Waals surface area (Å²) in [5, 5.41) is 0. The van der Waals surface area contributed by atoms with Gasteiger partial charge in [0.15, 0.2) is 0 Å². The minimum atomic E-state index is -2.67. The van der Waals surface area contributed by atoms with Gasteiger partial charge in [0.25, 0.3) is 11.8 Å². The van der Waals surface area contributed by atoms with E-state index in [4.69, 9.17) is 4.52 Å². The van der Waals surface area contributed by atoms with Crippen LogP contribution in [0.2, 0.25) is 0 Å². The normalized spacial score (nSPS) is 13.7. The molecule has 0 radical (unpaired) electrons. The van der Waals surface area contributed by atoms with Crippen LogP contribution in [0.1, 0.15) is 47.4 Å². The molecule has 138 valence electrons. The van der Waals surface area contributed by atoms with Crippen molar-refractivity contribution in [1.82, 2.24) is 4.98 Å². The van der Waals surface area contributed by atoms with Gasteiger partial charge in [0.1, 0.15) is 11.6 Å². The van der Waals surface area contributed by atoms with E-state index in [2.05, 4.69) is 23.4 Å². The zero-order chi connectivity index (χ0) is 19.1. The number of hydrogen-bond acceptors (Lipinski definition) is 6. The molecule has 1 aromatic carbocycles. The summed E-state index contributed by atoms with van der Waals surface area (Å²) in [6.07, 6.45) is 4.00. The molecule has 1 atom stereocenters. The van der Waals surface area contributed by atoms with Gasteiger partial charge in [-0.1, -0.05) is 38.8 Å². The number of aromatic nitrogens is 1. The fraction of sp³-hybridized carbons (Fsp3) is 0.278. The molecule has 2 heterocycles. The van der Waals surface area contributed by atoms with Crippen molar-refractivity contribution in [3.05, 3.63) is 53.7 Å². The average Bonchev–Trinajstić information content (AvgIpc) is 2.93. The van der Waals surface area contributed by atoms with Crippen LogP contribution in [-0.4, -0.2) is 23.9 Å². The lowest BCUT2D eigenvalue weighted by Gasteiger charge is -2.13. The first-order valence-corrected chi connectivity index (χ1v) is 9.45. The van der Waals surface area contributed by atoms with Crippen molar-refractivity contribution in [2.24, 2.45) is 0 Å². The maximum atomic E-state index is 12.3. The minimum absolute atomic E-state index is 0.106. The summed E-state index contributed by atoms with van der Waals surface area (Å²) in [6.45, 7) is 4.36. The topological polar surface area (TPSA) is 85.8 Å². The first-order chi connectivity index (χ1) is 12.5. The molecule has 0 N–H and O–H groups in total.